The summed E-state index contributed by atoms with van der Waals surface area (Å²) in [6, 6.07) is 3.02. The van der Waals surface area contributed by atoms with Gasteiger partial charge < -0.3 is 14.9 Å². The van der Waals surface area contributed by atoms with Crippen LogP contribution in [0.25, 0.3) is 5.65 Å². The zero-order chi connectivity index (χ0) is 12.6. The lowest BCUT2D eigenvalue weighted by atomic mass is 10.3. The fourth-order valence-electron chi connectivity index (χ4n) is 1.51. The molecule has 0 aliphatic heterocycles. The molecule has 7 nitrogen and oxygen atoms in total. The van der Waals surface area contributed by atoms with Crippen LogP contribution in [0.15, 0.2) is 24.5 Å². The van der Waals surface area contributed by atoms with Crippen LogP contribution < -0.4 is 0 Å². The van der Waals surface area contributed by atoms with E-state index in [0.717, 1.165) is 0 Å². The van der Waals surface area contributed by atoms with Gasteiger partial charge >= 0.3 is 13.6 Å². The van der Waals surface area contributed by atoms with Crippen molar-refractivity contribution in [1.29, 1.82) is 0 Å². The van der Waals surface area contributed by atoms with E-state index < -0.39 is 19.7 Å². The smallest absolute Gasteiger partial charge is 0.354 e. The third-order valence-electron chi connectivity index (χ3n) is 2.17. The summed E-state index contributed by atoms with van der Waals surface area (Å²) in [5, 5.41) is 8.88. The Balaban J connectivity index is 2.52. The van der Waals surface area contributed by atoms with E-state index in [2.05, 4.69) is 4.98 Å². The molecule has 0 aliphatic carbocycles. The van der Waals surface area contributed by atoms with Gasteiger partial charge in [-0.2, -0.15) is 0 Å². The normalized spacial score (nSPS) is 11.9. The standard InChI is InChI=1S/C9H9N2O5P/c12-9(13)7-3-10-8-2-1-6(4-11(7)8)5-17(14,15)16/h1-4H,5H2,(H,12,13)(H2,14,15,16). The molecule has 2 aromatic rings. The number of pyridine rings is 1. The lowest BCUT2D eigenvalue weighted by Crippen LogP contribution is -2.02. The summed E-state index contributed by atoms with van der Waals surface area (Å²) >= 11 is 0. The number of hydrogen-bond donors (Lipinski definition) is 3. The topological polar surface area (TPSA) is 112 Å². The van der Waals surface area contributed by atoms with Crippen LogP contribution in [-0.2, 0) is 10.7 Å². The molecule has 2 rings (SSSR count). The molecule has 0 bridgehead atoms. The molecule has 2 aromatic heterocycles. The second-order valence-corrected chi connectivity index (χ2v) is 5.18. The van der Waals surface area contributed by atoms with Gasteiger partial charge in [0.05, 0.1) is 12.4 Å². The fourth-order valence-corrected chi connectivity index (χ4v) is 2.18. The minimum Gasteiger partial charge on any atom is -0.477 e. The zero-order valence-corrected chi connectivity index (χ0v) is 9.41. The third-order valence-corrected chi connectivity index (χ3v) is 2.95. The minimum atomic E-state index is -4.17. The van der Waals surface area contributed by atoms with Crippen LogP contribution in [0, 0.1) is 0 Å². The van der Waals surface area contributed by atoms with E-state index in [1.165, 1.54) is 28.9 Å². The number of rotatable bonds is 3. The van der Waals surface area contributed by atoms with E-state index in [0.29, 0.717) is 11.2 Å². The van der Waals surface area contributed by atoms with Gasteiger partial charge in [0, 0.05) is 6.20 Å². The van der Waals surface area contributed by atoms with Gasteiger partial charge in [-0.25, -0.2) is 9.78 Å². The maximum atomic E-state index is 10.9. The van der Waals surface area contributed by atoms with Crippen molar-refractivity contribution in [3.8, 4) is 0 Å². The van der Waals surface area contributed by atoms with Crippen LogP contribution in [0.4, 0.5) is 0 Å². The lowest BCUT2D eigenvalue weighted by molar-refractivity contribution is 0.0689. The van der Waals surface area contributed by atoms with Crippen molar-refractivity contribution in [3.63, 3.8) is 0 Å². The van der Waals surface area contributed by atoms with Crippen molar-refractivity contribution < 1.29 is 24.3 Å². The van der Waals surface area contributed by atoms with Gasteiger partial charge in [-0.3, -0.25) is 8.97 Å². The van der Waals surface area contributed by atoms with Gasteiger partial charge in [-0.1, -0.05) is 6.07 Å². The van der Waals surface area contributed by atoms with E-state index in [4.69, 9.17) is 14.9 Å². The molecule has 0 fully saturated rings. The highest BCUT2D eigenvalue weighted by atomic mass is 31.2. The Labute approximate surface area is 95.5 Å². The van der Waals surface area contributed by atoms with E-state index in [-0.39, 0.29) is 5.69 Å². The molecule has 2 heterocycles. The summed E-state index contributed by atoms with van der Waals surface area (Å²) < 4.78 is 12.1. The Morgan fingerprint density at radius 3 is 2.71 bits per heavy atom. The predicted molar refractivity (Wildman–Crippen MR) is 57.9 cm³/mol. The monoisotopic (exact) mass is 256 g/mol. The predicted octanol–water partition coefficient (Wildman–Crippen LogP) is 0.710. The first-order chi connectivity index (χ1) is 7.87. The second-order valence-electron chi connectivity index (χ2n) is 3.54. The summed E-state index contributed by atoms with van der Waals surface area (Å²) in [5.41, 5.74) is 0.718. The van der Waals surface area contributed by atoms with Crippen molar-refractivity contribution in [2.75, 3.05) is 0 Å². The first-order valence-corrected chi connectivity index (χ1v) is 6.40. The number of carboxylic acids is 1. The van der Waals surface area contributed by atoms with Crippen molar-refractivity contribution in [2.24, 2.45) is 0 Å². The van der Waals surface area contributed by atoms with E-state index in [1.807, 2.05) is 0 Å². The van der Waals surface area contributed by atoms with E-state index in [1.54, 1.807) is 0 Å². The Kier molecular flexibility index (Phi) is 2.74. The molecular formula is C9H9N2O5P. The first kappa shape index (κ1) is 11.8. The van der Waals surface area contributed by atoms with Gasteiger partial charge in [0.25, 0.3) is 0 Å². The quantitative estimate of drug-likeness (QED) is 0.697. The number of imidazole rings is 1. The summed E-state index contributed by atoms with van der Waals surface area (Å²) in [4.78, 5) is 32.4. The van der Waals surface area contributed by atoms with Crippen molar-refractivity contribution >= 4 is 19.2 Å². The van der Waals surface area contributed by atoms with Gasteiger partial charge in [-0.05, 0) is 11.6 Å². The Hall–Kier alpha value is -1.69. The maximum Gasteiger partial charge on any atom is 0.354 e. The van der Waals surface area contributed by atoms with Gasteiger partial charge in [0.1, 0.15) is 5.65 Å². The molecule has 0 atom stereocenters. The van der Waals surface area contributed by atoms with Gasteiger partial charge in [0.15, 0.2) is 5.69 Å². The molecule has 0 unspecified atom stereocenters. The highest BCUT2D eigenvalue weighted by Gasteiger charge is 2.16. The molecule has 0 radical (unpaired) electrons. The molecule has 0 saturated carbocycles. The van der Waals surface area contributed by atoms with Crippen LogP contribution >= 0.6 is 7.60 Å². The molecule has 0 amide bonds. The summed E-state index contributed by atoms with van der Waals surface area (Å²) in [6.45, 7) is 0. The summed E-state index contributed by atoms with van der Waals surface area (Å²) in [5.74, 6) is -1.15. The lowest BCUT2D eigenvalue weighted by Gasteiger charge is -2.05. The number of carboxylic acid groups (broad SMARTS) is 1. The molecule has 3 N–H and O–H groups in total. The second kappa shape index (κ2) is 3.96. The summed E-state index contributed by atoms with van der Waals surface area (Å²) in [7, 11) is -4.17. The fraction of sp³-hybridized carbons (Fsp3) is 0.111. The number of fused-ring (bicyclic) bond motifs is 1. The molecule has 90 valence electrons. The number of hydrogen-bond acceptors (Lipinski definition) is 3. The SMILES string of the molecule is O=C(O)c1cnc2ccc(CP(=O)(O)O)cn12. The van der Waals surface area contributed by atoms with E-state index in [9.17, 15) is 9.36 Å². The average molecular weight is 256 g/mol. The van der Waals surface area contributed by atoms with E-state index >= 15 is 0 Å². The van der Waals surface area contributed by atoms with Crippen LogP contribution in [-0.4, -0.2) is 30.2 Å². The molecule has 0 aliphatic rings. The number of aromatic nitrogens is 2. The van der Waals surface area contributed by atoms with Crippen LogP contribution in [0.2, 0.25) is 0 Å². The van der Waals surface area contributed by atoms with Crippen molar-refractivity contribution in [1.82, 2.24) is 9.38 Å². The van der Waals surface area contributed by atoms with Crippen molar-refractivity contribution in [2.45, 2.75) is 6.16 Å². The van der Waals surface area contributed by atoms with Gasteiger partial charge in [-0.15, -0.1) is 0 Å². The molecule has 8 heteroatoms. The first-order valence-electron chi connectivity index (χ1n) is 4.61. The minimum absolute atomic E-state index is 0.0486. The Morgan fingerprint density at radius 2 is 2.12 bits per heavy atom. The molecule has 17 heavy (non-hydrogen) atoms. The van der Waals surface area contributed by atoms with Crippen LogP contribution in [0.5, 0.6) is 0 Å². The average Bonchev–Trinajstić information content (AvgIpc) is 2.57. The highest BCUT2D eigenvalue weighted by Crippen LogP contribution is 2.38. The molecule has 0 spiro atoms. The molecule has 0 aromatic carbocycles. The van der Waals surface area contributed by atoms with Crippen LogP contribution in [0.3, 0.4) is 0 Å². The van der Waals surface area contributed by atoms with Crippen molar-refractivity contribution in [3.05, 3.63) is 35.8 Å². The summed E-state index contributed by atoms with van der Waals surface area (Å²) in [6.07, 6.45) is 2.13. The molecular weight excluding hydrogens is 247 g/mol. The highest BCUT2D eigenvalue weighted by molar-refractivity contribution is 7.50. The Bertz CT molecular complexity index is 629. The number of carbonyl (C=O) groups is 1. The van der Waals surface area contributed by atoms with Crippen LogP contribution in [0.1, 0.15) is 16.1 Å². The zero-order valence-electron chi connectivity index (χ0n) is 8.52. The third kappa shape index (κ3) is 2.52. The number of nitrogens with zero attached hydrogens (tertiary/aromatic N) is 2. The maximum absolute atomic E-state index is 10.9. The largest absolute Gasteiger partial charge is 0.477 e. The molecule has 0 saturated heterocycles. The van der Waals surface area contributed by atoms with Gasteiger partial charge in [0.2, 0.25) is 0 Å². The Morgan fingerprint density at radius 1 is 1.41 bits per heavy atom. The number of aromatic carboxylic acids is 1.